The summed E-state index contributed by atoms with van der Waals surface area (Å²) in [7, 11) is 1.24. The maximum atomic E-state index is 12.7. The Morgan fingerprint density at radius 3 is 2.38 bits per heavy atom. The number of hydrogen-bond acceptors (Lipinski definition) is 4. The van der Waals surface area contributed by atoms with Crippen LogP contribution in [0.5, 0.6) is 5.75 Å². The van der Waals surface area contributed by atoms with E-state index in [1.54, 1.807) is 24.3 Å². The number of halogens is 3. The number of ether oxygens (including phenoxy) is 2. The van der Waals surface area contributed by atoms with Crippen molar-refractivity contribution in [3.05, 3.63) is 59.7 Å². The van der Waals surface area contributed by atoms with E-state index in [1.807, 2.05) is 0 Å². The molecule has 0 bridgehead atoms. The van der Waals surface area contributed by atoms with Gasteiger partial charge < -0.3 is 14.8 Å². The highest BCUT2D eigenvalue weighted by Crippen LogP contribution is 2.29. The fourth-order valence-electron chi connectivity index (χ4n) is 2.08. The molecule has 5 nitrogen and oxygen atoms in total. The van der Waals surface area contributed by atoms with Gasteiger partial charge in [-0.3, -0.25) is 4.79 Å². The van der Waals surface area contributed by atoms with Crippen LogP contribution in [0.3, 0.4) is 0 Å². The van der Waals surface area contributed by atoms with Gasteiger partial charge in [-0.2, -0.15) is 13.2 Å². The van der Waals surface area contributed by atoms with Gasteiger partial charge in [-0.1, -0.05) is 18.2 Å². The Morgan fingerprint density at radius 1 is 1.08 bits per heavy atom. The van der Waals surface area contributed by atoms with Crippen LogP contribution in [-0.4, -0.2) is 25.6 Å². The molecular formula is C18H16F3NO4. The molecule has 2 aromatic rings. The minimum atomic E-state index is -4.45. The smallest absolute Gasteiger partial charge is 0.416 e. The lowest BCUT2D eigenvalue weighted by molar-refractivity contribution is -0.143. The van der Waals surface area contributed by atoms with Crippen LogP contribution in [0.4, 0.5) is 18.9 Å². The van der Waals surface area contributed by atoms with Crippen LogP contribution in [0, 0.1) is 0 Å². The van der Waals surface area contributed by atoms with Gasteiger partial charge in [-0.05, 0) is 35.9 Å². The lowest BCUT2D eigenvalue weighted by atomic mass is 10.1. The number of hydrogen-bond donors (Lipinski definition) is 1. The molecule has 0 spiro atoms. The summed E-state index contributed by atoms with van der Waals surface area (Å²) in [6.45, 7) is -0.238. The number of carbonyl (C=O) groups excluding carboxylic acids is 2. The second-order valence-electron chi connectivity index (χ2n) is 5.31. The maximum Gasteiger partial charge on any atom is 0.416 e. The highest BCUT2D eigenvalue weighted by atomic mass is 19.4. The van der Waals surface area contributed by atoms with Crippen molar-refractivity contribution in [2.24, 2.45) is 0 Å². The van der Waals surface area contributed by atoms with Crippen LogP contribution >= 0.6 is 0 Å². The number of amides is 1. The molecule has 0 saturated heterocycles. The minimum absolute atomic E-state index is 0.190. The third-order valence-electron chi connectivity index (χ3n) is 3.34. The summed E-state index contributed by atoms with van der Waals surface area (Å²) in [5, 5.41) is 2.58. The first-order valence-corrected chi connectivity index (χ1v) is 7.53. The Kier molecular flexibility index (Phi) is 6.21. The lowest BCUT2D eigenvalue weighted by Gasteiger charge is -2.10. The van der Waals surface area contributed by atoms with Crippen molar-refractivity contribution in [1.82, 2.24) is 0 Å². The SMILES string of the molecule is COC(=O)COc1ccc(NC(=O)Cc2cccc(C(F)(F)F)c2)cc1. The number of carbonyl (C=O) groups is 2. The van der Waals surface area contributed by atoms with Gasteiger partial charge in [0.15, 0.2) is 6.61 Å². The molecule has 0 radical (unpaired) electrons. The number of anilines is 1. The molecule has 0 aromatic heterocycles. The molecule has 2 rings (SSSR count). The van der Waals surface area contributed by atoms with Crippen LogP contribution in [0.1, 0.15) is 11.1 Å². The lowest BCUT2D eigenvalue weighted by Crippen LogP contribution is -2.15. The van der Waals surface area contributed by atoms with Crippen LogP contribution in [0.25, 0.3) is 0 Å². The van der Waals surface area contributed by atoms with E-state index in [1.165, 1.54) is 19.2 Å². The molecule has 26 heavy (non-hydrogen) atoms. The van der Waals surface area contributed by atoms with Gasteiger partial charge in [-0.15, -0.1) is 0 Å². The third kappa shape index (κ3) is 5.80. The summed E-state index contributed by atoms with van der Waals surface area (Å²) in [5.41, 5.74) is -0.0855. The van der Waals surface area contributed by atoms with Crippen LogP contribution in [0.15, 0.2) is 48.5 Å². The molecule has 0 aliphatic carbocycles. The number of nitrogens with one attached hydrogen (secondary N) is 1. The second-order valence-corrected chi connectivity index (χ2v) is 5.31. The highest BCUT2D eigenvalue weighted by Gasteiger charge is 2.30. The summed E-state index contributed by atoms with van der Waals surface area (Å²) >= 11 is 0. The molecule has 8 heteroatoms. The predicted octanol–water partition coefficient (Wildman–Crippen LogP) is 3.44. The molecule has 0 unspecified atom stereocenters. The van der Waals surface area contributed by atoms with Crippen molar-refractivity contribution in [3.8, 4) is 5.75 Å². The molecule has 0 saturated carbocycles. The Morgan fingerprint density at radius 2 is 1.77 bits per heavy atom. The molecule has 0 heterocycles. The Hall–Kier alpha value is -3.03. The quantitative estimate of drug-likeness (QED) is 0.795. The van der Waals surface area contributed by atoms with E-state index in [9.17, 15) is 22.8 Å². The zero-order valence-corrected chi connectivity index (χ0v) is 13.8. The second kappa shape index (κ2) is 8.37. The summed E-state index contributed by atoms with van der Waals surface area (Å²) in [4.78, 5) is 23.0. The molecular weight excluding hydrogens is 351 g/mol. The molecule has 0 aliphatic heterocycles. The van der Waals surface area contributed by atoms with E-state index in [4.69, 9.17) is 4.74 Å². The Labute approximate surface area is 147 Å². The summed E-state index contributed by atoms with van der Waals surface area (Å²) in [5.74, 6) is -0.567. The van der Waals surface area contributed by atoms with E-state index in [0.29, 0.717) is 11.4 Å². The summed E-state index contributed by atoms with van der Waals surface area (Å²) in [6.07, 6.45) is -4.64. The van der Waals surface area contributed by atoms with E-state index >= 15 is 0 Å². The van der Waals surface area contributed by atoms with E-state index in [0.717, 1.165) is 12.1 Å². The highest BCUT2D eigenvalue weighted by molar-refractivity contribution is 5.92. The van der Waals surface area contributed by atoms with Crippen molar-refractivity contribution >= 4 is 17.6 Å². The van der Waals surface area contributed by atoms with E-state index < -0.39 is 23.6 Å². The molecule has 138 valence electrons. The average Bonchev–Trinajstić information content (AvgIpc) is 2.60. The number of benzene rings is 2. The monoisotopic (exact) mass is 367 g/mol. The molecule has 0 fully saturated rings. The first-order valence-electron chi connectivity index (χ1n) is 7.53. The molecule has 0 aliphatic rings. The van der Waals surface area contributed by atoms with Crippen molar-refractivity contribution < 1.29 is 32.2 Å². The fraction of sp³-hybridized carbons (Fsp3) is 0.222. The Bertz CT molecular complexity index is 773. The number of rotatable bonds is 6. The minimum Gasteiger partial charge on any atom is -0.482 e. The van der Waals surface area contributed by atoms with Gasteiger partial charge in [0.2, 0.25) is 5.91 Å². The summed E-state index contributed by atoms with van der Waals surface area (Å²) < 4.78 is 47.7. The maximum absolute atomic E-state index is 12.7. The van der Waals surface area contributed by atoms with Crippen molar-refractivity contribution in [2.45, 2.75) is 12.6 Å². The first kappa shape index (κ1) is 19.3. The first-order chi connectivity index (χ1) is 12.3. The summed E-state index contributed by atoms with van der Waals surface area (Å²) in [6, 6.07) is 10.8. The van der Waals surface area contributed by atoms with Gasteiger partial charge in [0.25, 0.3) is 0 Å². The zero-order chi connectivity index (χ0) is 19.2. The van der Waals surface area contributed by atoms with Gasteiger partial charge >= 0.3 is 12.1 Å². The van der Waals surface area contributed by atoms with Gasteiger partial charge in [0.05, 0.1) is 19.1 Å². The molecule has 1 amide bonds. The van der Waals surface area contributed by atoms with Gasteiger partial charge in [0, 0.05) is 5.69 Å². The van der Waals surface area contributed by atoms with Crippen molar-refractivity contribution in [2.75, 3.05) is 19.0 Å². The zero-order valence-electron chi connectivity index (χ0n) is 13.8. The topological polar surface area (TPSA) is 64.6 Å². The van der Waals surface area contributed by atoms with Gasteiger partial charge in [-0.25, -0.2) is 4.79 Å². The predicted molar refractivity (Wildman–Crippen MR) is 87.7 cm³/mol. The van der Waals surface area contributed by atoms with Crippen molar-refractivity contribution in [1.29, 1.82) is 0 Å². The van der Waals surface area contributed by atoms with E-state index in [2.05, 4.69) is 10.1 Å². The van der Waals surface area contributed by atoms with Crippen LogP contribution in [-0.2, 0) is 26.9 Å². The van der Waals surface area contributed by atoms with Crippen LogP contribution < -0.4 is 10.1 Å². The van der Waals surface area contributed by atoms with E-state index in [-0.39, 0.29) is 18.6 Å². The third-order valence-corrected chi connectivity index (χ3v) is 3.34. The normalized spacial score (nSPS) is 10.9. The molecule has 1 N–H and O–H groups in total. The van der Waals surface area contributed by atoms with Crippen molar-refractivity contribution in [3.63, 3.8) is 0 Å². The Balaban J connectivity index is 1.93. The number of esters is 1. The van der Waals surface area contributed by atoms with Gasteiger partial charge in [0.1, 0.15) is 5.75 Å². The fourth-order valence-corrected chi connectivity index (χ4v) is 2.08. The average molecular weight is 367 g/mol. The molecule has 2 aromatic carbocycles. The molecule has 0 atom stereocenters. The number of alkyl halides is 3. The standard InChI is InChI=1S/C18H16F3NO4/c1-25-17(24)11-26-15-7-5-14(6-8-15)22-16(23)10-12-3-2-4-13(9-12)18(19,20)21/h2-9H,10-11H2,1H3,(H,22,23). The largest absolute Gasteiger partial charge is 0.482 e. The van der Waals surface area contributed by atoms with Crippen LogP contribution in [0.2, 0.25) is 0 Å². The number of methoxy groups -OCH3 is 1.